The van der Waals surface area contributed by atoms with Gasteiger partial charge in [0.1, 0.15) is 5.82 Å². The summed E-state index contributed by atoms with van der Waals surface area (Å²) in [7, 11) is 0. The van der Waals surface area contributed by atoms with E-state index in [9.17, 15) is 18.0 Å². The number of aromatic nitrogens is 1. The second-order valence-electron chi connectivity index (χ2n) is 6.64. The lowest BCUT2D eigenvalue weighted by atomic mass is 10.0. The molecule has 1 aromatic rings. The molecule has 2 saturated heterocycles. The lowest BCUT2D eigenvalue weighted by Crippen LogP contribution is -2.61. The van der Waals surface area contributed by atoms with Gasteiger partial charge in [0.05, 0.1) is 12.7 Å². The molecule has 0 aliphatic carbocycles. The van der Waals surface area contributed by atoms with Gasteiger partial charge < -0.3 is 5.32 Å². The highest BCUT2D eigenvalue weighted by molar-refractivity contribution is 5.72. The Morgan fingerprint density at radius 2 is 2.21 bits per heavy atom. The highest BCUT2D eigenvalue weighted by atomic mass is 19.3. The van der Waals surface area contributed by atoms with Crippen molar-refractivity contribution in [3.05, 3.63) is 29.8 Å². The maximum absolute atomic E-state index is 13.8. The molecule has 1 aromatic heterocycles. The Hall–Kier alpha value is -1.67. The SMILES string of the molecule is CC(=O)NC[C@@H]1CC(F)(F)CN1C1CN(Cc2ccncc2F)C1. The summed E-state index contributed by atoms with van der Waals surface area (Å²) in [6.07, 6.45) is 2.49. The maximum Gasteiger partial charge on any atom is 0.262 e. The third kappa shape index (κ3) is 3.87. The minimum absolute atomic E-state index is 0.0158. The first-order valence-electron chi connectivity index (χ1n) is 8.03. The Bertz CT molecular complexity index is 607. The van der Waals surface area contributed by atoms with Crippen molar-refractivity contribution >= 4 is 5.91 Å². The average molecular weight is 342 g/mol. The van der Waals surface area contributed by atoms with Crippen molar-refractivity contribution in [3.8, 4) is 0 Å². The number of hydrogen-bond acceptors (Lipinski definition) is 4. The summed E-state index contributed by atoms with van der Waals surface area (Å²) in [5, 5.41) is 2.63. The third-order valence-electron chi connectivity index (χ3n) is 4.66. The van der Waals surface area contributed by atoms with Crippen molar-refractivity contribution in [1.29, 1.82) is 0 Å². The van der Waals surface area contributed by atoms with E-state index >= 15 is 0 Å². The van der Waals surface area contributed by atoms with Crippen LogP contribution in [0.15, 0.2) is 18.5 Å². The van der Waals surface area contributed by atoms with Crippen molar-refractivity contribution in [2.45, 2.75) is 37.9 Å². The number of carbonyl (C=O) groups is 1. The van der Waals surface area contributed by atoms with Gasteiger partial charge in [-0.15, -0.1) is 0 Å². The molecule has 2 aliphatic rings. The number of halogens is 3. The maximum atomic E-state index is 13.8. The Morgan fingerprint density at radius 3 is 2.88 bits per heavy atom. The normalized spacial score (nSPS) is 24.8. The minimum Gasteiger partial charge on any atom is -0.355 e. The molecular weight excluding hydrogens is 321 g/mol. The summed E-state index contributed by atoms with van der Waals surface area (Å²) in [6, 6.07) is 1.29. The fraction of sp³-hybridized carbons (Fsp3) is 0.625. The predicted molar refractivity (Wildman–Crippen MR) is 82.0 cm³/mol. The van der Waals surface area contributed by atoms with Crippen LogP contribution in [0.1, 0.15) is 18.9 Å². The second-order valence-corrected chi connectivity index (χ2v) is 6.64. The smallest absolute Gasteiger partial charge is 0.262 e. The first kappa shape index (κ1) is 17.2. The van der Waals surface area contributed by atoms with Crippen LogP contribution in [0.25, 0.3) is 0 Å². The molecular formula is C16H21F3N4O. The Kier molecular flexibility index (Phi) is 4.78. The molecule has 1 N–H and O–H groups in total. The van der Waals surface area contributed by atoms with Crippen LogP contribution in [-0.4, -0.2) is 64.9 Å². The van der Waals surface area contributed by atoms with Crippen molar-refractivity contribution in [2.75, 3.05) is 26.2 Å². The highest BCUT2D eigenvalue weighted by Gasteiger charge is 2.49. The molecule has 0 radical (unpaired) electrons. The molecule has 3 heterocycles. The van der Waals surface area contributed by atoms with Crippen LogP contribution < -0.4 is 5.32 Å². The second kappa shape index (κ2) is 6.68. The van der Waals surface area contributed by atoms with Crippen molar-refractivity contribution < 1.29 is 18.0 Å². The molecule has 1 amide bonds. The van der Waals surface area contributed by atoms with E-state index in [1.54, 1.807) is 17.2 Å². The van der Waals surface area contributed by atoms with Gasteiger partial charge in [-0.25, -0.2) is 13.2 Å². The first-order valence-corrected chi connectivity index (χ1v) is 8.03. The van der Waals surface area contributed by atoms with Crippen LogP contribution >= 0.6 is 0 Å². The number of carbonyl (C=O) groups excluding carboxylic acids is 1. The topological polar surface area (TPSA) is 48.5 Å². The molecule has 0 spiro atoms. The van der Waals surface area contributed by atoms with Gasteiger partial charge in [0.15, 0.2) is 0 Å². The zero-order valence-electron chi connectivity index (χ0n) is 13.5. The van der Waals surface area contributed by atoms with Crippen LogP contribution in [0.5, 0.6) is 0 Å². The molecule has 0 saturated carbocycles. The Balaban J connectivity index is 1.55. The van der Waals surface area contributed by atoms with E-state index in [0.29, 0.717) is 25.2 Å². The number of alkyl halides is 2. The monoisotopic (exact) mass is 342 g/mol. The molecule has 0 aromatic carbocycles. The fourth-order valence-corrected chi connectivity index (χ4v) is 3.46. The number of nitrogens with one attached hydrogen (secondary N) is 1. The fourth-order valence-electron chi connectivity index (χ4n) is 3.46. The summed E-state index contributed by atoms with van der Waals surface area (Å²) >= 11 is 0. The van der Waals surface area contributed by atoms with E-state index in [1.807, 2.05) is 4.90 Å². The molecule has 24 heavy (non-hydrogen) atoms. The number of rotatable bonds is 5. The van der Waals surface area contributed by atoms with Gasteiger partial charge in [0, 0.05) is 63.4 Å². The van der Waals surface area contributed by atoms with Gasteiger partial charge >= 0.3 is 0 Å². The lowest BCUT2D eigenvalue weighted by Gasteiger charge is -2.46. The molecule has 1 atom stereocenters. The van der Waals surface area contributed by atoms with Gasteiger partial charge in [-0.1, -0.05) is 0 Å². The molecule has 132 valence electrons. The van der Waals surface area contributed by atoms with Gasteiger partial charge in [0.2, 0.25) is 5.91 Å². The van der Waals surface area contributed by atoms with Gasteiger partial charge in [-0.3, -0.25) is 19.6 Å². The summed E-state index contributed by atoms with van der Waals surface area (Å²) in [5.74, 6) is -3.29. The zero-order chi connectivity index (χ0) is 17.3. The standard InChI is InChI=1S/C16H21F3N4O/c1-11(24)21-5-13-4-16(18,19)10-23(13)14-8-22(9-14)7-12-2-3-20-6-15(12)17/h2-3,6,13-14H,4-5,7-10H2,1H3,(H,21,24)/t13-/m0/s1. The number of pyridine rings is 1. The minimum atomic E-state index is -2.72. The average Bonchev–Trinajstić information content (AvgIpc) is 2.76. The van der Waals surface area contributed by atoms with Crippen LogP contribution in [-0.2, 0) is 11.3 Å². The summed E-state index contributed by atoms with van der Waals surface area (Å²) < 4.78 is 41.1. The van der Waals surface area contributed by atoms with Crippen LogP contribution in [0.2, 0.25) is 0 Å². The van der Waals surface area contributed by atoms with Gasteiger partial charge in [-0.2, -0.15) is 0 Å². The summed E-state index contributed by atoms with van der Waals surface area (Å²) in [6.45, 7) is 3.03. The van der Waals surface area contributed by atoms with E-state index in [-0.39, 0.29) is 43.3 Å². The first-order chi connectivity index (χ1) is 11.3. The number of nitrogens with zero attached hydrogens (tertiary/aromatic N) is 3. The van der Waals surface area contributed by atoms with Crippen molar-refractivity contribution in [1.82, 2.24) is 20.1 Å². The Labute approximate surface area is 138 Å². The molecule has 8 heteroatoms. The van der Waals surface area contributed by atoms with Crippen LogP contribution in [0.3, 0.4) is 0 Å². The number of amides is 1. The molecule has 5 nitrogen and oxygen atoms in total. The molecule has 0 unspecified atom stereocenters. The lowest BCUT2D eigenvalue weighted by molar-refractivity contribution is -0.119. The molecule has 2 fully saturated rings. The van der Waals surface area contributed by atoms with Gasteiger partial charge in [0.25, 0.3) is 5.92 Å². The van der Waals surface area contributed by atoms with Crippen molar-refractivity contribution in [2.24, 2.45) is 0 Å². The van der Waals surface area contributed by atoms with Crippen LogP contribution in [0.4, 0.5) is 13.2 Å². The predicted octanol–water partition coefficient (Wildman–Crippen LogP) is 1.25. The zero-order valence-corrected chi connectivity index (χ0v) is 13.5. The largest absolute Gasteiger partial charge is 0.355 e. The van der Waals surface area contributed by atoms with E-state index in [0.717, 1.165) is 0 Å². The van der Waals surface area contributed by atoms with E-state index in [1.165, 1.54) is 13.1 Å². The quantitative estimate of drug-likeness (QED) is 0.875. The van der Waals surface area contributed by atoms with E-state index < -0.39 is 5.92 Å². The number of hydrogen-bond donors (Lipinski definition) is 1. The van der Waals surface area contributed by atoms with Gasteiger partial charge in [-0.05, 0) is 6.07 Å². The third-order valence-corrected chi connectivity index (χ3v) is 4.66. The summed E-state index contributed by atoms with van der Waals surface area (Å²) in [5.41, 5.74) is 0.560. The van der Waals surface area contributed by atoms with Crippen LogP contribution in [0, 0.1) is 5.82 Å². The molecule has 2 aliphatic heterocycles. The van der Waals surface area contributed by atoms with Crippen molar-refractivity contribution in [3.63, 3.8) is 0 Å². The molecule has 0 bridgehead atoms. The Morgan fingerprint density at radius 1 is 1.46 bits per heavy atom. The summed E-state index contributed by atoms with van der Waals surface area (Å²) in [4.78, 5) is 18.6. The van der Waals surface area contributed by atoms with E-state index in [2.05, 4.69) is 10.3 Å². The molecule has 3 rings (SSSR count). The highest BCUT2D eigenvalue weighted by Crippen LogP contribution is 2.35. The van der Waals surface area contributed by atoms with E-state index in [4.69, 9.17) is 0 Å². The number of likely N-dealkylation sites (tertiary alicyclic amines) is 2.